The second kappa shape index (κ2) is 12.5. The van der Waals surface area contributed by atoms with Gasteiger partial charge in [-0.25, -0.2) is 19.3 Å². The molecule has 0 spiro atoms. The molecule has 41 heavy (non-hydrogen) atoms. The monoisotopic (exact) mass is 607 g/mol. The molecule has 3 aromatic rings. The van der Waals surface area contributed by atoms with Crippen LogP contribution in [-0.2, 0) is 6.18 Å². The van der Waals surface area contributed by atoms with Gasteiger partial charge >= 0.3 is 12.4 Å². The first-order valence-electron chi connectivity index (χ1n) is 12.2. The summed E-state index contributed by atoms with van der Waals surface area (Å²) in [6, 6.07) is 2.98. The summed E-state index contributed by atoms with van der Waals surface area (Å²) in [6.07, 6.45) is -8.12. The first kappa shape index (κ1) is 30.4. The smallest absolute Gasteiger partial charge is 0.434 e. The highest BCUT2D eigenvalue weighted by atomic mass is 32.1. The lowest BCUT2D eigenvalue weighted by molar-refractivity contribution is -0.141. The van der Waals surface area contributed by atoms with Crippen LogP contribution >= 0.6 is 11.5 Å². The molecule has 1 aliphatic heterocycles. The summed E-state index contributed by atoms with van der Waals surface area (Å²) in [6.45, 7) is 1.58. The summed E-state index contributed by atoms with van der Waals surface area (Å²) < 4.78 is 99.6. The third-order valence-corrected chi connectivity index (χ3v) is 7.04. The number of anilines is 3. The molecule has 2 N–H and O–H groups in total. The zero-order valence-electron chi connectivity index (χ0n) is 21.4. The molecular formula is C24H24F7N7O2S. The van der Waals surface area contributed by atoms with Gasteiger partial charge in [-0.05, 0) is 37.5 Å². The van der Waals surface area contributed by atoms with E-state index < -0.39 is 42.5 Å². The minimum Gasteiger partial charge on any atom is -0.477 e. The lowest BCUT2D eigenvalue weighted by Crippen LogP contribution is -2.44. The Hall–Kier alpha value is -3.60. The quantitative estimate of drug-likeness (QED) is 0.301. The number of alkyl halides is 7. The molecule has 2 atom stereocenters. The van der Waals surface area contributed by atoms with E-state index in [2.05, 4.69) is 30.0 Å². The van der Waals surface area contributed by atoms with Crippen LogP contribution in [0, 0.1) is 12.8 Å². The summed E-state index contributed by atoms with van der Waals surface area (Å²) in [5, 5.41) is 5.64. The Morgan fingerprint density at radius 1 is 1.12 bits per heavy atom. The molecule has 0 aromatic carbocycles. The summed E-state index contributed by atoms with van der Waals surface area (Å²) in [7, 11) is 0. The Morgan fingerprint density at radius 3 is 2.51 bits per heavy atom. The van der Waals surface area contributed by atoms with Crippen LogP contribution in [0.25, 0.3) is 0 Å². The van der Waals surface area contributed by atoms with Crippen LogP contribution in [0.5, 0.6) is 5.88 Å². The molecule has 1 saturated heterocycles. The lowest BCUT2D eigenvalue weighted by Gasteiger charge is -2.34. The molecule has 1 unspecified atom stereocenters. The fraction of sp³-hybridized carbons (Fsp3) is 0.458. The van der Waals surface area contributed by atoms with Gasteiger partial charge in [0.05, 0.1) is 48.6 Å². The third kappa shape index (κ3) is 8.45. The van der Waals surface area contributed by atoms with Gasteiger partial charge in [-0.3, -0.25) is 4.79 Å². The third-order valence-electron chi connectivity index (χ3n) is 6.18. The molecule has 9 nitrogen and oxygen atoms in total. The zero-order chi connectivity index (χ0) is 29.8. The normalized spacial score (nSPS) is 18.2. The Balaban J connectivity index is 1.29. The van der Waals surface area contributed by atoms with Crippen LogP contribution < -0.4 is 15.4 Å². The van der Waals surface area contributed by atoms with Crippen molar-refractivity contribution >= 4 is 33.9 Å². The number of aromatic nitrogens is 4. The predicted octanol–water partition coefficient (Wildman–Crippen LogP) is 5.64. The van der Waals surface area contributed by atoms with Gasteiger partial charge in [0.1, 0.15) is 17.0 Å². The molecule has 0 saturated carbocycles. The molecule has 0 radical (unpaired) electrons. The van der Waals surface area contributed by atoms with E-state index in [0.717, 1.165) is 17.7 Å². The van der Waals surface area contributed by atoms with Gasteiger partial charge in [0.2, 0.25) is 5.88 Å². The molecule has 3 aromatic heterocycles. The van der Waals surface area contributed by atoms with Crippen LogP contribution in [0.1, 0.15) is 34.6 Å². The van der Waals surface area contributed by atoms with E-state index in [0.29, 0.717) is 30.5 Å². The molecule has 1 fully saturated rings. The first-order valence-corrected chi connectivity index (χ1v) is 13.0. The molecule has 1 aliphatic rings. The maximum Gasteiger partial charge on any atom is 0.434 e. The predicted molar refractivity (Wildman–Crippen MR) is 135 cm³/mol. The van der Waals surface area contributed by atoms with Crippen molar-refractivity contribution in [2.75, 3.05) is 36.9 Å². The van der Waals surface area contributed by atoms with Crippen molar-refractivity contribution in [1.29, 1.82) is 0 Å². The zero-order valence-corrected chi connectivity index (χ0v) is 22.2. The van der Waals surface area contributed by atoms with Crippen LogP contribution in [0.3, 0.4) is 0 Å². The van der Waals surface area contributed by atoms with E-state index in [4.69, 9.17) is 4.74 Å². The maximum absolute atomic E-state index is 14.5. The fourth-order valence-corrected chi connectivity index (χ4v) is 4.80. The van der Waals surface area contributed by atoms with Crippen LogP contribution in [0.15, 0.2) is 30.7 Å². The first-order chi connectivity index (χ1) is 19.3. The van der Waals surface area contributed by atoms with Crippen LogP contribution in [0.2, 0.25) is 0 Å². The minimum atomic E-state index is -4.64. The van der Waals surface area contributed by atoms with Gasteiger partial charge in [-0.15, -0.1) is 0 Å². The number of rotatable bonds is 9. The number of nitrogens with one attached hydrogen (secondary N) is 2. The summed E-state index contributed by atoms with van der Waals surface area (Å²) in [5.74, 6) is -0.896. The van der Waals surface area contributed by atoms with Crippen molar-refractivity contribution in [3.8, 4) is 5.88 Å². The number of nitrogens with zero attached hydrogens (tertiary/aromatic N) is 5. The van der Waals surface area contributed by atoms with E-state index in [1.165, 1.54) is 23.2 Å². The summed E-state index contributed by atoms with van der Waals surface area (Å²) >= 11 is 0.915. The topological polar surface area (TPSA) is 105 Å². The molecule has 4 heterocycles. The molecule has 4 rings (SSSR count). The molecule has 222 valence electrons. The van der Waals surface area contributed by atoms with E-state index in [-0.39, 0.29) is 42.0 Å². The number of pyridine rings is 1. The Bertz CT molecular complexity index is 1320. The SMILES string of the molecule is Cc1nsc(Nc2cnc(C(F)(F)F)cn2)c1C(=O)Nc1ccc(OCC2CCN(CCC(F)(F)F)C[C@@H]2F)nc1. The van der Waals surface area contributed by atoms with E-state index >= 15 is 0 Å². The number of likely N-dealkylation sites (tertiary alicyclic amines) is 1. The fourth-order valence-electron chi connectivity index (χ4n) is 4.00. The van der Waals surface area contributed by atoms with Crippen molar-refractivity contribution in [3.63, 3.8) is 0 Å². The average molecular weight is 608 g/mol. The number of halogens is 7. The standard InChI is InChI=1S/C24H24F7N7O2S/c1-13-20(22(41-37-13)36-18-10-32-17(9-33-18)24(29,30)31)21(39)35-15-2-3-19(34-8-15)40-12-14-4-6-38(11-16(14)25)7-5-23(26,27)28/h2-3,8-10,14,16H,4-7,11-12H2,1H3,(H,33,36)(H,35,39)/t14?,16-/m0/s1. The molecule has 0 bridgehead atoms. The van der Waals surface area contributed by atoms with E-state index in [1.54, 1.807) is 6.92 Å². The van der Waals surface area contributed by atoms with Gasteiger partial charge in [0.25, 0.3) is 5.91 Å². The number of hydrogen-bond acceptors (Lipinski definition) is 9. The van der Waals surface area contributed by atoms with E-state index in [1.807, 2.05) is 0 Å². The highest BCUT2D eigenvalue weighted by molar-refractivity contribution is 7.10. The number of amides is 1. The van der Waals surface area contributed by atoms with Crippen molar-refractivity contribution in [3.05, 3.63) is 47.7 Å². The molecule has 1 amide bonds. The highest BCUT2D eigenvalue weighted by Crippen LogP contribution is 2.31. The van der Waals surface area contributed by atoms with Crippen molar-refractivity contribution < 1.29 is 40.3 Å². The second-order valence-corrected chi connectivity index (χ2v) is 10.0. The van der Waals surface area contributed by atoms with Crippen molar-refractivity contribution in [2.45, 2.75) is 38.3 Å². The number of hydrogen-bond donors (Lipinski definition) is 2. The van der Waals surface area contributed by atoms with Gasteiger partial charge < -0.3 is 20.3 Å². The van der Waals surface area contributed by atoms with Crippen LogP contribution in [-0.4, -0.2) is 68.7 Å². The minimum absolute atomic E-state index is 0.00533. The molecule has 17 heteroatoms. The van der Waals surface area contributed by atoms with Gasteiger partial charge in [-0.1, -0.05) is 0 Å². The lowest BCUT2D eigenvalue weighted by atomic mass is 9.95. The van der Waals surface area contributed by atoms with E-state index in [9.17, 15) is 35.5 Å². The number of aryl methyl sites for hydroxylation is 1. The summed E-state index contributed by atoms with van der Waals surface area (Å²) in [5.41, 5.74) is -0.341. The van der Waals surface area contributed by atoms with Crippen LogP contribution in [0.4, 0.5) is 47.2 Å². The highest BCUT2D eigenvalue weighted by Gasteiger charge is 2.34. The van der Waals surface area contributed by atoms with Crippen molar-refractivity contribution in [1.82, 2.24) is 24.2 Å². The average Bonchev–Trinajstić information content (AvgIpc) is 3.27. The Kier molecular flexibility index (Phi) is 9.26. The molecule has 0 aliphatic carbocycles. The Labute approximate surface area is 233 Å². The largest absolute Gasteiger partial charge is 0.477 e. The second-order valence-electron chi connectivity index (χ2n) is 9.26. The maximum atomic E-state index is 14.5. The number of carbonyl (C=O) groups is 1. The van der Waals surface area contributed by atoms with Gasteiger partial charge in [-0.2, -0.15) is 30.7 Å². The Morgan fingerprint density at radius 2 is 1.90 bits per heavy atom. The number of carbonyl (C=O) groups excluding carboxylic acids is 1. The molecular weight excluding hydrogens is 583 g/mol. The van der Waals surface area contributed by atoms with Gasteiger partial charge in [0, 0.05) is 25.1 Å². The number of ether oxygens (including phenoxy) is 1. The van der Waals surface area contributed by atoms with Gasteiger partial charge in [0.15, 0.2) is 5.69 Å². The summed E-state index contributed by atoms with van der Waals surface area (Å²) in [4.78, 5) is 25.5. The number of piperidine rings is 1. The van der Waals surface area contributed by atoms with Crippen molar-refractivity contribution in [2.24, 2.45) is 5.92 Å².